The molecule has 202 valence electrons. The molecule has 0 aliphatic carbocycles. The van der Waals surface area contributed by atoms with Gasteiger partial charge in [-0.25, -0.2) is 0 Å². The van der Waals surface area contributed by atoms with Gasteiger partial charge in [-0.2, -0.15) is 0 Å². The van der Waals surface area contributed by atoms with Crippen molar-refractivity contribution in [2.45, 2.75) is 153 Å². The Kier molecular flexibility index (Phi) is 25.5. The van der Waals surface area contributed by atoms with Crippen molar-refractivity contribution in [2.75, 3.05) is 14.2 Å². The molecule has 0 aromatic carbocycles. The van der Waals surface area contributed by atoms with Gasteiger partial charge in [0.05, 0.1) is 14.2 Å². The lowest BCUT2D eigenvalue weighted by molar-refractivity contribution is -0.141. The minimum Gasteiger partial charge on any atom is -0.468 e. The minimum absolute atomic E-state index is 0.177. The van der Waals surface area contributed by atoms with E-state index in [0.717, 1.165) is 38.5 Å². The molecule has 4 nitrogen and oxygen atoms in total. The molecule has 2 unspecified atom stereocenters. The van der Waals surface area contributed by atoms with Crippen LogP contribution in [0.2, 0.25) is 0 Å². The van der Waals surface area contributed by atoms with E-state index in [-0.39, 0.29) is 22.4 Å². The number of ether oxygens (including phenoxy) is 2. The molecular weight excluding hydrogens is 464 g/mol. The van der Waals surface area contributed by atoms with Crippen LogP contribution in [-0.4, -0.2) is 36.7 Å². The van der Waals surface area contributed by atoms with Gasteiger partial charge in [-0.1, -0.05) is 151 Å². The summed E-state index contributed by atoms with van der Waals surface area (Å²) in [6, 6.07) is 0. The van der Waals surface area contributed by atoms with Crippen LogP contribution in [-0.2, 0) is 19.1 Å². The van der Waals surface area contributed by atoms with E-state index in [1.165, 1.54) is 126 Å². The maximum atomic E-state index is 12.3. The first-order valence-corrected chi connectivity index (χ1v) is 16.4. The summed E-state index contributed by atoms with van der Waals surface area (Å²) in [6.07, 6.45) is 24.4. The summed E-state index contributed by atoms with van der Waals surface area (Å²) in [7, 11) is 5.92. The Hall–Kier alpha value is -0.360. The maximum Gasteiger partial charge on any atom is 0.319 e. The summed E-state index contributed by atoms with van der Waals surface area (Å²) >= 11 is 0. The standard InChI is InChI=1S/C28H54O4S2/c1-5-7-9-11-13-15-17-19-21-23-25(27(29)31-3)33-34-26(28(30)32-4)24-22-20-18-16-14-12-10-8-6-2/h25-26H,5-24H2,1-4H3. The molecule has 34 heavy (non-hydrogen) atoms. The zero-order chi connectivity index (χ0) is 25.3. The van der Waals surface area contributed by atoms with Gasteiger partial charge in [-0.3, -0.25) is 9.59 Å². The molecule has 0 fully saturated rings. The third-order valence-corrected chi connectivity index (χ3v) is 9.51. The van der Waals surface area contributed by atoms with Crippen LogP contribution in [0.4, 0.5) is 0 Å². The molecule has 0 aromatic heterocycles. The molecule has 0 aliphatic rings. The van der Waals surface area contributed by atoms with Gasteiger partial charge in [0.1, 0.15) is 10.5 Å². The lowest BCUT2D eigenvalue weighted by Crippen LogP contribution is -2.21. The molecule has 0 aromatic rings. The molecule has 6 heteroatoms. The topological polar surface area (TPSA) is 52.6 Å². The fraction of sp³-hybridized carbons (Fsp3) is 0.929. The highest BCUT2D eigenvalue weighted by atomic mass is 33.1. The molecule has 0 amide bonds. The Morgan fingerprint density at radius 1 is 0.500 bits per heavy atom. The molecule has 0 radical (unpaired) electrons. The predicted octanol–water partition coefficient (Wildman–Crippen LogP) is 9.29. The van der Waals surface area contributed by atoms with Crippen molar-refractivity contribution in [2.24, 2.45) is 0 Å². The highest BCUT2D eigenvalue weighted by Crippen LogP contribution is 2.37. The molecular formula is C28H54O4S2. The Morgan fingerprint density at radius 2 is 0.765 bits per heavy atom. The number of esters is 2. The second-order valence-electron chi connectivity index (χ2n) is 9.45. The van der Waals surface area contributed by atoms with Gasteiger partial charge >= 0.3 is 11.9 Å². The smallest absolute Gasteiger partial charge is 0.319 e. The molecule has 0 aliphatic heterocycles. The van der Waals surface area contributed by atoms with Crippen LogP contribution in [0.1, 0.15) is 142 Å². The predicted molar refractivity (Wildman–Crippen MR) is 150 cm³/mol. The van der Waals surface area contributed by atoms with E-state index in [0.29, 0.717) is 0 Å². The Morgan fingerprint density at radius 3 is 1.03 bits per heavy atom. The van der Waals surface area contributed by atoms with Gasteiger partial charge in [-0.15, -0.1) is 0 Å². The number of unbranched alkanes of at least 4 members (excludes halogenated alkanes) is 16. The number of hydrogen-bond acceptors (Lipinski definition) is 6. The summed E-state index contributed by atoms with van der Waals surface area (Å²) in [5.41, 5.74) is 0. The summed E-state index contributed by atoms with van der Waals surface area (Å²) < 4.78 is 10.1. The Balaban J connectivity index is 4.19. The fourth-order valence-electron chi connectivity index (χ4n) is 4.09. The first-order chi connectivity index (χ1) is 16.6. The Labute approximate surface area is 219 Å². The molecule has 0 saturated heterocycles. The van der Waals surface area contributed by atoms with E-state index in [1.807, 2.05) is 0 Å². The Bertz CT molecular complexity index is 431. The van der Waals surface area contributed by atoms with E-state index >= 15 is 0 Å². The summed E-state index contributed by atoms with van der Waals surface area (Å²) in [5.74, 6) is -0.354. The largest absolute Gasteiger partial charge is 0.468 e. The van der Waals surface area contributed by atoms with Crippen LogP contribution >= 0.6 is 21.6 Å². The summed E-state index contributed by atoms with van der Waals surface area (Å²) in [5, 5.41) is -0.426. The zero-order valence-electron chi connectivity index (χ0n) is 22.7. The first-order valence-electron chi connectivity index (χ1n) is 14.1. The maximum absolute atomic E-state index is 12.3. The number of hydrogen-bond donors (Lipinski definition) is 0. The van der Waals surface area contributed by atoms with E-state index in [9.17, 15) is 9.59 Å². The molecule has 0 rings (SSSR count). The van der Waals surface area contributed by atoms with Gasteiger partial charge in [0, 0.05) is 0 Å². The molecule has 0 heterocycles. The molecule has 0 saturated carbocycles. The van der Waals surface area contributed by atoms with Crippen molar-refractivity contribution in [1.29, 1.82) is 0 Å². The first kappa shape index (κ1) is 33.6. The monoisotopic (exact) mass is 518 g/mol. The van der Waals surface area contributed by atoms with E-state index in [2.05, 4.69) is 13.8 Å². The van der Waals surface area contributed by atoms with E-state index < -0.39 is 0 Å². The lowest BCUT2D eigenvalue weighted by Gasteiger charge is -2.18. The summed E-state index contributed by atoms with van der Waals surface area (Å²) in [6.45, 7) is 4.50. The van der Waals surface area contributed by atoms with Crippen LogP contribution in [0.25, 0.3) is 0 Å². The second kappa shape index (κ2) is 25.7. The number of rotatable bonds is 25. The van der Waals surface area contributed by atoms with E-state index in [1.54, 1.807) is 0 Å². The van der Waals surface area contributed by atoms with E-state index in [4.69, 9.17) is 9.47 Å². The average molecular weight is 519 g/mol. The number of carbonyl (C=O) groups is 2. The SMILES string of the molecule is CCCCCCCCCCCC(SSC(CCCCCCCCCCC)C(=O)OC)C(=O)OC. The third-order valence-electron chi connectivity index (χ3n) is 6.36. The third kappa shape index (κ3) is 19.9. The molecule has 2 atom stereocenters. The van der Waals surface area contributed by atoms with Crippen LogP contribution in [0.15, 0.2) is 0 Å². The second-order valence-corrected chi connectivity index (χ2v) is 12.1. The highest BCUT2D eigenvalue weighted by molar-refractivity contribution is 8.77. The van der Waals surface area contributed by atoms with Gasteiger partial charge in [-0.05, 0) is 12.8 Å². The average Bonchev–Trinajstić information content (AvgIpc) is 2.86. The number of methoxy groups -OCH3 is 2. The zero-order valence-corrected chi connectivity index (χ0v) is 24.4. The quantitative estimate of drug-likeness (QED) is 0.0681. The molecule has 0 N–H and O–H groups in total. The van der Waals surface area contributed by atoms with Gasteiger partial charge in [0.2, 0.25) is 0 Å². The molecule has 0 spiro atoms. The van der Waals surface area contributed by atoms with Crippen molar-refractivity contribution in [3.8, 4) is 0 Å². The lowest BCUT2D eigenvalue weighted by atomic mass is 10.1. The number of carbonyl (C=O) groups excluding carboxylic acids is 2. The van der Waals surface area contributed by atoms with Crippen molar-refractivity contribution in [3.63, 3.8) is 0 Å². The normalized spacial score (nSPS) is 12.9. The van der Waals surface area contributed by atoms with Crippen molar-refractivity contribution in [3.05, 3.63) is 0 Å². The molecule has 0 bridgehead atoms. The highest BCUT2D eigenvalue weighted by Gasteiger charge is 2.26. The van der Waals surface area contributed by atoms with Crippen molar-refractivity contribution in [1.82, 2.24) is 0 Å². The van der Waals surface area contributed by atoms with Crippen LogP contribution < -0.4 is 0 Å². The summed E-state index contributed by atoms with van der Waals surface area (Å²) in [4.78, 5) is 24.6. The van der Waals surface area contributed by atoms with Gasteiger partial charge in [0.25, 0.3) is 0 Å². The van der Waals surface area contributed by atoms with Crippen molar-refractivity contribution >= 4 is 33.5 Å². The van der Waals surface area contributed by atoms with Crippen LogP contribution in [0, 0.1) is 0 Å². The fourth-order valence-corrected chi connectivity index (χ4v) is 7.09. The van der Waals surface area contributed by atoms with Crippen LogP contribution in [0.3, 0.4) is 0 Å². The van der Waals surface area contributed by atoms with Crippen LogP contribution in [0.5, 0.6) is 0 Å². The van der Waals surface area contributed by atoms with Gasteiger partial charge < -0.3 is 9.47 Å². The van der Waals surface area contributed by atoms with Gasteiger partial charge in [0.15, 0.2) is 0 Å². The van der Waals surface area contributed by atoms with Crippen molar-refractivity contribution < 1.29 is 19.1 Å². The minimum atomic E-state index is -0.213.